The van der Waals surface area contributed by atoms with E-state index in [2.05, 4.69) is 6.92 Å². The molecule has 0 aliphatic heterocycles. The van der Waals surface area contributed by atoms with Crippen molar-refractivity contribution in [3.63, 3.8) is 0 Å². The van der Waals surface area contributed by atoms with Crippen LogP contribution in [0.5, 0.6) is 0 Å². The second kappa shape index (κ2) is 7.60. The summed E-state index contributed by atoms with van der Waals surface area (Å²) in [5.74, 6) is -1.51. The fourth-order valence-corrected chi connectivity index (χ4v) is 7.33. The SMILES string of the molecule is COC(=O)[C@@]1(OC(=O)C(Cl)Cl)CC[C@H]2[C@@H]3CCC4=CC(=O)C=C[C@]4(C)[C@H]3[C@@H](O)C[C@@]21C. The Morgan fingerprint density at radius 2 is 1.97 bits per heavy atom. The van der Waals surface area contributed by atoms with Gasteiger partial charge in [0.05, 0.1) is 13.2 Å². The van der Waals surface area contributed by atoms with Crippen molar-refractivity contribution in [3.8, 4) is 0 Å². The molecule has 4 aliphatic rings. The number of ketones is 1. The molecule has 0 aromatic rings. The summed E-state index contributed by atoms with van der Waals surface area (Å²) in [4.78, 5) is 35.9. The first-order valence-electron chi connectivity index (χ1n) is 10.7. The minimum Gasteiger partial charge on any atom is -0.466 e. The van der Waals surface area contributed by atoms with Gasteiger partial charge in [-0.1, -0.05) is 48.7 Å². The van der Waals surface area contributed by atoms with Gasteiger partial charge in [0.25, 0.3) is 0 Å². The standard InChI is InChI=1S/C23H28Cl2O6/c1-21-8-6-13(26)10-12(21)4-5-14-15-7-9-23(20(29)30-3,31-19(28)18(24)25)22(15,2)11-16(27)17(14)21/h6,8,10,14-18,27H,4-5,7,9,11H2,1-3H3/t14-,15-,16-,17+,21-,22-,23-/m0/s1. The molecule has 0 radical (unpaired) electrons. The normalized spacial score (nSPS) is 43.6. The lowest BCUT2D eigenvalue weighted by Crippen LogP contribution is -2.63. The van der Waals surface area contributed by atoms with E-state index in [1.54, 1.807) is 12.2 Å². The zero-order valence-electron chi connectivity index (χ0n) is 17.9. The number of esters is 2. The van der Waals surface area contributed by atoms with Crippen LogP contribution in [0.1, 0.15) is 46.0 Å². The highest BCUT2D eigenvalue weighted by Gasteiger charge is 2.71. The number of allylic oxidation sites excluding steroid dienone is 4. The van der Waals surface area contributed by atoms with Crippen LogP contribution < -0.4 is 0 Å². The molecule has 0 heterocycles. The molecule has 170 valence electrons. The third-order valence-corrected chi connectivity index (χ3v) is 8.94. The molecule has 3 saturated carbocycles. The Morgan fingerprint density at radius 3 is 2.61 bits per heavy atom. The maximum absolute atomic E-state index is 13.0. The summed E-state index contributed by atoms with van der Waals surface area (Å²) >= 11 is 11.5. The van der Waals surface area contributed by atoms with Gasteiger partial charge in [-0.05, 0) is 56.1 Å². The molecule has 0 spiro atoms. The smallest absolute Gasteiger partial charge is 0.350 e. The number of methoxy groups -OCH3 is 1. The van der Waals surface area contributed by atoms with Crippen LogP contribution in [0.3, 0.4) is 0 Å². The topological polar surface area (TPSA) is 89.9 Å². The predicted molar refractivity (Wildman–Crippen MR) is 114 cm³/mol. The number of hydrogen-bond acceptors (Lipinski definition) is 6. The lowest BCUT2D eigenvalue weighted by Gasteiger charge is -2.59. The van der Waals surface area contributed by atoms with Crippen molar-refractivity contribution in [2.75, 3.05) is 7.11 Å². The van der Waals surface area contributed by atoms with Gasteiger partial charge in [0, 0.05) is 16.7 Å². The highest BCUT2D eigenvalue weighted by atomic mass is 35.5. The predicted octanol–water partition coefficient (Wildman–Crippen LogP) is 3.52. The van der Waals surface area contributed by atoms with Crippen LogP contribution in [0.15, 0.2) is 23.8 Å². The average molecular weight is 471 g/mol. The molecule has 0 saturated heterocycles. The molecule has 0 unspecified atom stereocenters. The van der Waals surface area contributed by atoms with E-state index in [9.17, 15) is 19.5 Å². The third kappa shape index (κ3) is 3.12. The summed E-state index contributed by atoms with van der Waals surface area (Å²) < 4.78 is 10.8. The Balaban J connectivity index is 1.75. The maximum Gasteiger partial charge on any atom is 0.350 e. The molecule has 3 fully saturated rings. The number of rotatable bonds is 3. The molecule has 8 heteroatoms. The molecule has 0 aromatic carbocycles. The zero-order chi connectivity index (χ0) is 22.8. The van der Waals surface area contributed by atoms with Crippen molar-refractivity contribution in [2.24, 2.45) is 28.6 Å². The van der Waals surface area contributed by atoms with Gasteiger partial charge in [-0.3, -0.25) is 4.79 Å². The van der Waals surface area contributed by atoms with Crippen LogP contribution in [0, 0.1) is 28.6 Å². The molecule has 6 nitrogen and oxygen atoms in total. The number of fused-ring (bicyclic) bond motifs is 5. The minimum atomic E-state index is -1.55. The lowest BCUT2D eigenvalue weighted by molar-refractivity contribution is -0.210. The van der Waals surface area contributed by atoms with Crippen molar-refractivity contribution < 1.29 is 29.0 Å². The van der Waals surface area contributed by atoms with E-state index >= 15 is 0 Å². The van der Waals surface area contributed by atoms with E-state index in [0.29, 0.717) is 6.42 Å². The van der Waals surface area contributed by atoms with E-state index in [1.807, 2.05) is 13.0 Å². The molecule has 0 bridgehead atoms. The molecule has 7 atom stereocenters. The Kier molecular flexibility index (Phi) is 5.59. The van der Waals surface area contributed by atoms with Gasteiger partial charge in [-0.25, -0.2) is 9.59 Å². The minimum absolute atomic E-state index is 0.0183. The van der Waals surface area contributed by atoms with Crippen LogP contribution in [0.2, 0.25) is 0 Å². The van der Waals surface area contributed by atoms with E-state index in [-0.39, 0.29) is 36.4 Å². The van der Waals surface area contributed by atoms with Gasteiger partial charge in [-0.15, -0.1) is 0 Å². The summed E-state index contributed by atoms with van der Waals surface area (Å²) in [6, 6.07) is 0. The van der Waals surface area contributed by atoms with Crippen molar-refractivity contribution in [2.45, 2.75) is 62.5 Å². The number of aliphatic hydroxyl groups excluding tert-OH is 1. The summed E-state index contributed by atoms with van der Waals surface area (Å²) in [6.45, 7) is 3.98. The van der Waals surface area contributed by atoms with Gasteiger partial charge in [0.1, 0.15) is 0 Å². The molecule has 0 amide bonds. The molecule has 4 aliphatic carbocycles. The molecule has 4 rings (SSSR count). The number of carbonyl (C=O) groups excluding carboxylic acids is 3. The molecule has 0 aromatic heterocycles. The first kappa shape index (κ1) is 22.8. The van der Waals surface area contributed by atoms with Crippen LogP contribution in [0.4, 0.5) is 0 Å². The lowest BCUT2D eigenvalue weighted by atomic mass is 9.46. The summed E-state index contributed by atoms with van der Waals surface area (Å²) in [5.41, 5.74) is -1.74. The van der Waals surface area contributed by atoms with Crippen LogP contribution >= 0.6 is 23.2 Å². The van der Waals surface area contributed by atoms with Crippen LogP contribution in [0.25, 0.3) is 0 Å². The zero-order valence-corrected chi connectivity index (χ0v) is 19.4. The number of halogens is 2. The van der Waals surface area contributed by atoms with Gasteiger partial charge < -0.3 is 14.6 Å². The maximum atomic E-state index is 13.0. The number of ether oxygens (including phenoxy) is 2. The van der Waals surface area contributed by atoms with Crippen molar-refractivity contribution >= 4 is 40.9 Å². The van der Waals surface area contributed by atoms with Gasteiger partial charge >= 0.3 is 11.9 Å². The number of hydrogen-bond donors (Lipinski definition) is 1. The van der Waals surface area contributed by atoms with Gasteiger partial charge in [0.2, 0.25) is 10.4 Å². The summed E-state index contributed by atoms with van der Waals surface area (Å²) in [6.07, 6.45) is 7.23. The Hall–Kier alpha value is -1.37. The second-order valence-corrected chi connectivity index (χ2v) is 10.9. The fourth-order valence-electron chi connectivity index (χ4n) is 7.24. The Bertz CT molecular complexity index is 881. The van der Waals surface area contributed by atoms with Crippen molar-refractivity contribution in [1.82, 2.24) is 0 Å². The second-order valence-electron chi connectivity index (χ2n) is 9.79. The van der Waals surface area contributed by atoms with Crippen molar-refractivity contribution in [1.29, 1.82) is 0 Å². The number of aliphatic hydroxyl groups is 1. The summed E-state index contributed by atoms with van der Waals surface area (Å²) in [7, 11) is 1.26. The number of alkyl halides is 2. The van der Waals surface area contributed by atoms with Crippen LogP contribution in [-0.4, -0.2) is 46.5 Å². The third-order valence-electron chi connectivity index (χ3n) is 8.58. The van der Waals surface area contributed by atoms with E-state index in [4.69, 9.17) is 32.7 Å². The number of carbonyl (C=O) groups is 3. The van der Waals surface area contributed by atoms with Gasteiger partial charge in [0.15, 0.2) is 5.78 Å². The molecular weight excluding hydrogens is 443 g/mol. The van der Waals surface area contributed by atoms with Crippen molar-refractivity contribution in [3.05, 3.63) is 23.8 Å². The first-order chi connectivity index (χ1) is 14.5. The van der Waals surface area contributed by atoms with E-state index in [0.717, 1.165) is 18.4 Å². The van der Waals surface area contributed by atoms with Crippen LogP contribution in [-0.2, 0) is 23.9 Å². The Morgan fingerprint density at radius 1 is 1.26 bits per heavy atom. The van der Waals surface area contributed by atoms with E-state index < -0.39 is 39.3 Å². The average Bonchev–Trinajstić information content (AvgIpc) is 3.00. The molecular formula is C23H28Cl2O6. The van der Waals surface area contributed by atoms with Gasteiger partial charge in [-0.2, -0.15) is 0 Å². The highest BCUT2D eigenvalue weighted by Crippen LogP contribution is 2.68. The largest absolute Gasteiger partial charge is 0.466 e. The summed E-state index contributed by atoms with van der Waals surface area (Å²) in [5, 5.41) is 11.4. The van der Waals surface area contributed by atoms with E-state index in [1.165, 1.54) is 7.11 Å². The monoisotopic (exact) mass is 470 g/mol. The molecule has 1 N–H and O–H groups in total. The highest BCUT2D eigenvalue weighted by molar-refractivity contribution is 6.53. The fraction of sp³-hybridized carbons (Fsp3) is 0.696. The quantitative estimate of drug-likeness (QED) is 0.501. The Labute approximate surface area is 191 Å². The molecule has 31 heavy (non-hydrogen) atoms. The first-order valence-corrected chi connectivity index (χ1v) is 11.6.